The second kappa shape index (κ2) is 8.88. The molecule has 2 unspecified atom stereocenters. The molecule has 1 aliphatic rings. The third-order valence-electron chi connectivity index (χ3n) is 4.73. The van der Waals surface area contributed by atoms with Crippen LogP contribution in [0.15, 0.2) is 40.8 Å². The minimum absolute atomic E-state index is 0.0437. The fraction of sp³-hybridized carbons (Fsp3) is 0.476. The summed E-state index contributed by atoms with van der Waals surface area (Å²) in [5.41, 5.74) is 0. The number of ether oxygens (including phenoxy) is 1. The molecule has 1 aromatic heterocycles. The Hall–Kier alpha value is -2.30. The zero-order chi connectivity index (χ0) is 18.4. The number of rotatable bonds is 10. The Balaban J connectivity index is 1.23. The molecule has 0 aliphatic heterocycles. The Labute approximate surface area is 153 Å². The first-order valence-electron chi connectivity index (χ1n) is 9.35. The number of benzene rings is 1. The number of halogens is 1. The largest absolute Gasteiger partial charge is 0.494 e. The van der Waals surface area contributed by atoms with E-state index in [0.717, 1.165) is 30.3 Å². The van der Waals surface area contributed by atoms with E-state index in [0.29, 0.717) is 37.7 Å². The molecule has 0 spiro atoms. The molecule has 140 valence electrons. The number of furan rings is 1. The summed E-state index contributed by atoms with van der Waals surface area (Å²) in [4.78, 5) is 11.9. The first kappa shape index (κ1) is 18.5. The van der Waals surface area contributed by atoms with Crippen LogP contribution < -0.4 is 10.1 Å². The number of unbranched alkanes of at least 4 members (excludes halogenated alkanes) is 1. The molecule has 0 saturated heterocycles. The number of hydrogen-bond acceptors (Lipinski definition) is 3. The van der Waals surface area contributed by atoms with Crippen LogP contribution in [0.4, 0.5) is 4.39 Å². The number of hydrogen-bond donors (Lipinski definition) is 1. The van der Waals surface area contributed by atoms with Crippen molar-refractivity contribution in [3.8, 4) is 5.75 Å². The second-order valence-electron chi connectivity index (χ2n) is 6.98. The van der Waals surface area contributed by atoms with Crippen molar-refractivity contribution in [2.45, 2.75) is 44.9 Å². The van der Waals surface area contributed by atoms with Gasteiger partial charge in [0, 0.05) is 25.3 Å². The summed E-state index contributed by atoms with van der Waals surface area (Å²) in [6.45, 7) is 3.41. The number of nitrogens with one attached hydrogen (secondary N) is 1. The van der Waals surface area contributed by atoms with E-state index >= 15 is 0 Å². The summed E-state index contributed by atoms with van der Waals surface area (Å²) in [6.07, 6.45) is 3.97. The van der Waals surface area contributed by atoms with Gasteiger partial charge in [-0.3, -0.25) is 4.79 Å². The molecule has 0 radical (unpaired) electrons. The van der Waals surface area contributed by atoms with Gasteiger partial charge >= 0.3 is 0 Å². The Morgan fingerprint density at radius 2 is 2.00 bits per heavy atom. The first-order chi connectivity index (χ1) is 12.6. The molecule has 5 heteroatoms. The van der Waals surface area contributed by atoms with Gasteiger partial charge in [0.15, 0.2) is 0 Å². The summed E-state index contributed by atoms with van der Waals surface area (Å²) in [5, 5.41) is 2.92. The fourth-order valence-electron chi connectivity index (χ4n) is 2.95. The van der Waals surface area contributed by atoms with Gasteiger partial charge in [0.05, 0.1) is 6.61 Å². The SMILES string of the molecule is CC1CC1c1ccc(CCC(=O)NCCCCOc2ccc(F)cc2)o1. The molecule has 1 N–H and O–H groups in total. The van der Waals surface area contributed by atoms with E-state index < -0.39 is 0 Å². The smallest absolute Gasteiger partial charge is 0.220 e. The topological polar surface area (TPSA) is 51.5 Å². The molecule has 3 rings (SSSR count). The van der Waals surface area contributed by atoms with Crippen molar-refractivity contribution in [3.05, 3.63) is 53.7 Å². The zero-order valence-corrected chi connectivity index (χ0v) is 15.2. The molecule has 2 aromatic rings. The monoisotopic (exact) mass is 359 g/mol. The number of carbonyl (C=O) groups excluding carboxylic acids is 1. The molecule has 1 saturated carbocycles. The molecule has 1 amide bonds. The summed E-state index contributed by atoms with van der Waals surface area (Å²) < 4.78 is 24.1. The zero-order valence-electron chi connectivity index (χ0n) is 15.2. The summed E-state index contributed by atoms with van der Waals surface area (Å²) in [7, 11) is 0. The number of aryl methyl sites for hydroxylation is 1. The molecular formula is C21H26FNO3. The first-order valence-corrected chi connectivity index (χ1v) is 9.35. The van der Waals surface area contributed by atoms with Crippen LogP contribution in [0.1, 0.15) is 50.0 Å². The summed E-state index contributed by atoms with van der Waals surface area (Å²) >= 11 is 0. The molecule has 0 bridgehead atoms. The van der Waals surface area contributed by atoms with Crippen molar-refractivity contribution in [1.29, 1.82) is 0 Å². The number of carbonyl (C=O) groups is 1. The highest BCUT2D eigenvalue weighted by molar-refractivity contribution is 5.76. The average molecular weight is 359 g/mol. The van der Waals surface area contributed by atoms with Crippen molar-refractivity contribution in [3.63, 3.8) is 0 Å². The maximum absolute atomic E-state index is 12.8. The third kappa shape index (κ3) is 5.61. The standard InChI is InChI=1S/C21H26FNO3/c1-15-14-19(15)20-10-8-18(26-20)9-11-21(24)23-12-2-3-13-25-17-6-4-16(22)5-7-17/h4-8,10,15,19H,2-3,9,11-14H2,1H3,(H,23,24). The van der Waals surface area contributed by atoms with Crippen LogP contribution in [0.3, 0.4) is 0 Å². The van der Waals surface area contributed by atoms with Gasteiger partial charge in [-0.15, -0.1) is 0 Å². The van der Waals surface area contributed by atoms with E-state index in [4.69, 9.17) is 9.15 Å². The lowest BCUT2D eigenvalue weighted by atomic mass is 10.2. The maximum atomic E-state index is 12.8. The van der Waals surface area contributed by atoms with Gasteiger partial charge in [0.25, 0.3) is 0 Å². The highest BCUT2D eigenvalue weighted by atomic mass is 19.1. The van der Waals surface area contributed by atoms with Crippen molar-refractivity contribution < 1.29 is 18.3 Å². The van der Waals surface area contributed by atoms with Crippen LogP contribution >= 0.6 is 0 Å². The molecule has 1 heterocycles. The van der Waals surface area contributed by atoms with E-state index in [1.54, 1.807) is 12.1 Å². The minimum Gasteiger partial charge on any atom is -0.494 e. The van der Waals surface area contributed by atoms with Gasteiger partial charge in [0.2, 0.25) is 5.91 Å². The Morgan fingerprint density at radius 3 is 2.73 bits per heavy atom. The van der Waals surface area contributed by atoms with Gasteiger partial charge in [-0.25, -0.2) is 4.39 Å². The predicted molar refractivity (Wildman–Crippen MR) is 97.7 cm³/mol. The minimum atomic E-state index is -0.270. The summed E-state index contributed by atoms with van der Waals surface area (Å²) in [5.74, 6) is 3.69. The average Bonchev–Trinajstić information content (AvgIpc) is 3.18. The van der Waals surface area contributed by atoms with E-state index in [2.05, 4.69) is 12.2 Å². The lowest BCUT2D eigenvalue weighted by Crippen LogP contribution is -2.24. The van der Waals surface area contributed by atoms with Gasteiger partial charge in [-0.1, -0.05) is 6.92 Å². The van der Waals surface area contributed by atoms with Crippen molar-refractivity contribution in [1.82, 2.24) is 5.32 Å². The van der Waals surface area contributed by atoms with Crippen LogP contribution in [-0.2, 0) is 11.2 Å². The molecule has 2 atom stereocenters. The van der Waals surface area contributed by atoms with Crippen LogP contribution in [-0.4, -0.2) is 19.1 Å². The Bertz CT molecular complexity index is 710. The highest BCUT2D eigenvalue weighted by Gasteiger charge is 2.36. The van der Waals surface area contributed by atoms with Gasteiger partial charge < -0.3 is 14.5 Å². The predicted octanol–water partition coefficient (Wildman–Crippen LogP) is 4.45. The highest BCUT2D eigenvalue weighted by Crippen LogP contribution is 2.47. The van der Waals surface area contributed by atoms with Crippen LogP contribution in [0.25, 0.3) is 0 Å². The van der Waals surface area contributed by atoms with Gasteiger partial charge in [-0.2, -0.15) is 0 Å². The molecule has 4 nitrogen and oxygen atoms in total. The van der Waals surface area contributed by atoms with Crippen LogP contribution in [0.2, 0.25) is 0 Å². The molecule has 1 fully saturated rings. The van der Waals surface area contributed by atoms with Crippen molar-refractivity contribution >= 4 is 5.91 Å². The van der Waals surface area contributed by atoms with Crippen molar-refractivity contribution in [2.75, 3.05) is 13.2 Å². The van der Waals surface area contributed by atoms with Gasteiger partial charge in [-0.05, 0) is 61.6 Å². The lowest BCUT2D eigenvalue weighted by molar-refractivity contribution is -0.121. The van der Waals surface area contributed by atoms with E-state index in [-0.39, 0.29) is 11.7 Å². The summed E-state index contributed by atoms with van der Waals surface area (Å²) in [6, 6.07) is 10.0. The van der Waals surface area contributed by atoms with Crippen LogP contribution in [0, 0.1) is 11.7 Å². The van der Waals surface area contributed by atoms with Crippen LogP contribution in [0.5, 0.6) is 5.75 Å². The van der Waals surface area contributed by atoms with E-state index in [1.807, 2.05) is 12.1 Å². The van der Waals surface area contributed by atoms with Gasteiger partial charge in [0.1, 0.15) is 23.1 Å². The van der Waals surface area contributed by atoms with E-state index in [1.165, 1.54) is 18.6 Å². The molecule has 1 aliphatic carbocycles. The maximum Gasteiger partial charge on any atom is 0.220 e. The quantitative estimate of drug-likeness (QED) is 0.638. The number of amides is 1. The normalized spacial score (nSPS) is 18.5. The fourth-order valence-corrected chi connectivity index (χ4v) is 2.95. The van der Waals surface area contributed by atoms with E-state index in [9.17, 15) is 9.18 Å². The Morgan fingerprint density at radius 1 is 1.23 bits per heavy atom. The molecule has 26 heavy (non-hydrogen) atoms. The molecule has 1 aromatic carbocycles. The third-order valence-corrected chi connectivity index (χ3v) is 4.73. The van der Waals surface area contributed by atoms with Crippen molar-refractivity contribution in [2.24, 2.45) is 5.92 Å². The molecular weight excluding hydrogens is 333 g/mol. The lowest BCUT2D eigenvalue weighted by Gasteiger charge is -2.07. The second-order valence-corrected chi connectivity index (χ2v) is 6.98. The Kier molecular flexibility index (Phi) is 6.31.